The summed E-state index contributed by atoms with van der Waals surface area (Å²) < 4.78 is 1.20. The lowest BCUT2D eigenvalue weighted by atomic mass is 9.84. The molecule has 2 nitrogen and oxygen atoms in total. The molecule has 0 radical (unpaired) electrons. The van der Waals surface area contributed by atoms with E-state index in [1.807, 2.05) is 12.3 Å². The zero-order valence-corrected chi connectivity index (χ0v) is 25.2. The molecule has 0 atom stereocenters. The van der Waals surface area contributed by atoms with Gasteiger partial charge in [-0.1, -0.05) is 112 Å². The first-order valence-electron chi connectivity index (χ1n) is 14.4. The van der Waals surface area contributed by atoms with Crippen molar-refractivity contribution in [2.24, 2.45) is 4.99 Å². The fourth-order valence-electron chi connectivity index (χ4n) is 5.74. The molecule has 42 heavy (non-hydrogen) atoms. The summed E-state index contributed by atoms with van der Waals surface area (Å²) >= 11 is 1.75. The predicted molar refractivity (Wildman–Crippen MR) is 183 cm³/mol. The minimum absolute atomic E-state index is 0.00819. The number of nitrogens with zero attached hydrogens (tertiary/aromatic N) is 2. The van der Waals surface area contributed by atoms with Crippen molar-refractivity contribution in [2.75, 3.05) is 0 Å². The number of hydrogen-bond donors (Lipinski definition) is 0. The van der Waals surface area contributed by atoms with E-state index in [-0.39, 0.29) is 5.41 Å². The smallest absolute Gasteiger partial charge is 0.126 e. The average molecular weight is 561 g/mol. The summed E-state index contributed by atoms with van der Waals surface area (Å²) in [4.78, 5) is 10.3. The lowest BCUT2D eigenvalue weighted by Gasteiger charge is -2.21. The molecule has 0 saturated heterocycles. The van der Waals surface area contributed by atoms with Crippen molar-refractivity contribution in [3.8, 4) is 21.7 Å². The third-order valence-corrected chi connectivity index (χ3v) is 9.13. The maximum atomic E-state index is 5.32. The number of aliphatic imine (C=N–C) groups is 1. The van der Waals surface area contributed by atoms with Crippen molar-refractivity contribution < 1.29 is 0 Å². The average Bonchev–Trinajstić information content (AvgIpc) is 3.44. The van der Waals surface area contributed by atoms with E-state index < -0.39 is 0 Å². The topological polar surface area (TPSA) is 25.2 Å². The van der Waals surface area contributed by atoms with Gasteiger partial charge in [0.15, 0.2) is 0 Å². The number of fused-ring (bicyclic) bond motifs is 3. The summed E-state index contributed by atoms with van der Waals surface area (Å²) in [5.74, 6) is 0. The molecule has 0 spiro atoms. The molecule has 0 fully saturated rings. The molecule has 0 saturated carbocycles. The number of aromatic nitrogens is 1. The molecule has 0 aliphatic rings. The first-order chi connectivity index (χ1) is 20.4. The fourth-order valence-corrected chi connectivity index (χ4v) is 6.80. The molecule has 0 N–H and O–H groups in total. The standard InChI is InChI=1S/C39H32N2S/c1-25-20-21-32(31-17-8-7-15-29(25)31)34-22-28(39(2,3)4)23-36-37(34)41-38(42-36)33-18-9-10-19-35(33)40-24-27-14-11-13-26-12-5-6-16-30(26)27/h5-24H,1-4H3. The summed E-state index contributed by atoms with van der Waals surface area (Å²) in [5.41, 5.74) is 9.14. The first kappa shape index (κ1) is 26.3. The Balaban J connectivity index is 1.40. The van der Waals surface area contributed by atoms with Gasteiger partial charge in [0.1, 0.15) is 5.01 Å². The molecule has 0 amide bonds. The zero-order chi connectivity index (χ0) is 28.8. The minimum atomic E-state index is 0.00819. The van der Waals surface area contributed by atoms with E-state index in [0.29, 0.717) is 0 Å². The largest absolute Gasteiger partial charge is 0.256 e. The summed E-state index contributed by atoms with van der Waals surface area (Å²) in [6.45, 7) is 9.03. The number of hydrogen-bond acceptors (Lipinski definition) is 3. The Labute approximate surface area is 251 Å². The summed E-state index contributed by atoms with van der Waals surface area (Å²) in [6, 6.07) is 41.0. The monoisotopic (exact) mass is 560 g/mol. The zero-order valence-electron chi connectivity index (χ0n) is 24.3. The molecule has 1 aromatic heterocycles. The molecule has 7 aromatic rings. The Morgan fingerprint density at radius 2 is 1.38 bits per heavy atom. The SMILES string of the molecule is Cc1ccc(-c2cc(C(C)(C)C)cc3sc(-c4ccccc4N=Cc4cccc5ccccc45)nc23)c2ccccc12. The van der Waals surface area contributed by atoms with Crippen molar-refractivity contribution in [3.05, 3.63) is 132 Å². The molecule has 0 bridgehead atoms. The van der Waals surface area contributed by atoms with Crippen molar-refractivity contribution in [3.63, 3.8) is 0 Å². The summed E-state index contributed by atoms with van der Waals surface area (Å²) in [7, 11) is 0. The van der Waals surface area contributed by atoms with Crippen LogP contribution in [0.5, 0.6) is 0 Å². The van der Waals surface area contributed by atoms with E-state index in [4.69, 9.17) is 9.98 Å². The van der Waals surface area contributed by atoms with Crippen LogP contribution in [-0.2, 0) is 5.41 Å². The van der Waals surface area contributed by atoms with Crippen LogP contribution in [-0.4, -0.2) is 11.2 Å². The van der Waals surface area contributed by atoms with Crippen LogP contribution in [0.15, 0.2) is 120 Å². The maximum absolute atomic E-state index is 5.32. The van der Waals surface area contributed by atoms with E-state index >= 15 is 0 Å². The van der Waals surface area contributed by atoms with Gasteiger partial charge in [0.05, 0.1) is 15.9 Å². The highest BCUT2D eigenvalue weighted by Crippen LogP contribution is 2.43. The van der Waals surface area contributed by atoms with Crippen LogP contribution in [0.4, 0.5) is 5.69 Å². The van der Waals surface area contributed by atoms with Gasteiger partial charge in [-0.2, -0.15) is 0 Å². The Morgan fingerprint density at radius 3 is 2.21 bits per heavy atom. The van der Waals surface area contributed by atoms with Crippen LogP contribution in [0.25, 0.3) is 53.5 Å². The Morgan fingerprint density at radius 1 is 0.667 bits per heavy atom. The van der Waals surface area contributed by atoms with Crippen LogP contribution in [0.2, 0.25) is 0 Å². The maximum Gasteiger partial charge on any atom is 0.126 e. The van der Waals surface area contributed by atoms with E-state index in [1.165, 1.54) is 48.5 Å². The second kappa shape index (κ2) is 10.3. The van der Waals surface area contributed by atoms with Gasteiger partial charge in [-0.05, 0) is 74.8 Å². The van der Waals surface area contributed by atoms with Gasteiger partial charge in [0, 0.05) is 22.9 Å². The molecular formula is C39H32N2S. The van der Waals surface area contributed by atoms with Gasteiger partial charge in [-0.15, -0.1) is 11.3 Å². The predicted octanol–water partition coefficient (Wildman–Crippen LogP) is 11.3. The van der Waals surface area contributed by atoms with Gasteiger partial charge >= 0.3 is 0 Å². The van der Waals surface area contributed by atoms with Gasteiger partial charge in [0.25, 0.3) is 0 Å². The van der Waals surface area contributed by atoms with Gasteiger partial charge in [-0.3, -0.25) is 4.99 Å². The normalized spacial score (nSPS) is 12.2. The Hall–Kier alpha value is -4.60. The third-order valence-electron chi connectivity index (χ3n) is 8.09. The Bertz CT molecular complexity index is 2140. The van der Waals surface area contributed by atoms with Crippen LogP contribution in [0.3, 0.4) is 0 Å². The van der Waals surface area contributed by atoms with Crippen molar-refractivity contribution in [1.82, 2.24) is 4.98 Å². The van der Waals surface area contributed by atoms with Crippen LogP contribution in [0, 0.1) is 6.92 Å². The van der Waals surface area contributed by atoms with Crippen molar-refractivity contribution >= 4 is 55.0 Å². The molecule has 0 aliphatic carbocycles. The summed E-state index contributed by atoms with van der Waals surface area (Å²) in [5, 5.41) is 5.95. The highest BCUT2D eigenvalue weighted by molar-refractivity contribution is 7.21. The second-order valence-electron chi connectivity index (χ2n) is 12.0. The molecular weight excluding hydrogens is 529 g/mol. The van der Waals surface area contributed by atoms with Crippen LogP contribution >= 0.6 is 11.3 Å². The fraction of sp³-hybridized carbons (Fsp3) is 0.128. The summed E-state index contributed by atoms with van der Waals surface area (Å²) in [6.07, 6.45) is 1.98. The highest BCUT2D eigenvalue weighted by atomic mass is 32.1. The number of rotatable bonds is 4. The van der Waals surface area contributed by atoms with E-state index in [0.717, 1.165) is 27.3 Å². The number of thiazole rings is 1. The van der Waals surface area contributed by atoms with Crippen LogP contribution < -0.4 is 0 Å². The third kappa shape index (κ3) is 4.70. The molecule has 0 unspecified atom stereocenters. The molecule has 1 heterocycles. The number of para-hydroxylation sites is 1. The van der Waals surface area contributed by atoms with Gasteiger partial charge in [0.2, 0.25) is 0 Å². The van der Waals surface area contributed by atoms with Gasteiger partial charge in [-0.25, -0.2) is 4.98 Å². The van der Waals surface area contributed by atoms with Gasteiger partial charge < -0.3 is 0 Å². The molecule has 3 heteroatoms. The van der Waals surface area contributed by atoms with Crippen molar-refractivity contribution in [1.29, 1.82) is 0 Å². The molecule has 6 aromatic carbocycles. The number of aryl methyl sites for hydroxylation is 1. The lowest BCUT2D eigenvalue weighted by molar-refractivity contribution is 0.591. The second-order valence-corrected chi connectivity index (χ2v) is 13.0. The lowest BCUT2D eigenvalue weighted by Crippen LogP contribution is -2.11. The molecule has 0 aliphatic heterocycles. The minimum Gasteiger partial charge on any atom is -0.256 e. The van der Waals surface area contributed by atoms with Crippen molar-refractivity contribution in [2.45, 2.75) is 33.1 Å². The van der Waals surface area contributed by atoms with Crippen LogP contribution in [0.1, 0.15) is 37.5 Å². The number of benzene rings is 6. The van der Waals surface area contributed by atoms with E-state index in [9.17, 15) is 0 Å². The first-order valence-corrected chi connectivity index (χ1v) is 15.2. The van der Waals surface area contributed by atoms with E-state index in [2.05, 4.69) is 137 Å². The highest BCUT2D eigenvalue weighted by Gasteiger charge is 2.21. The molecule has 7 rings (SSSR count). The van der Waals surface area contributed by atoms with E-state index in [1.54, 1.807) is 11.3 Å². The Kier molecular flexibility index (Phi) is 6.48. The quantitative estimate of drug-likeness (QED) is 0.197. The molecule has 204 valence electrons.